The number of nitrogens with zero attached hydrogens (tertiary/aromatic N) is 2. The summed E-state index contributed by atoms with van der Waals surface area (Å²) in [7, 11) is 1.34. The lowest BCUT2D eigenvalue weighted by molar-refractivity contribution is 0.0595. The highest BCUT2D eigenvalue weighted by Gasteiger charge is 2.21. The Hall–Kier alpha value is -2.31. The first-order valence-corrected chi connectivity index (χ1v) is 6.23. The van der Waals surface area contributed by atoms with Crippen LogP contribution in [0.25, 0.3) is 0 Å². The average molecular weight is 278 g/mol. The number of aromatic nitrogens is 3. The Balaban J connectivity index is 1.97. The first-order valence-electron chi connectivity index (χ1n) is 6.23. The van der Waals surface area contributed by atoms with E-state index in [4.69, 9.17) is 4.42 Å². The normalized spacial score (nSPS) is 11.4. The number of ether oxygens (including phenoxy) is 1. The number of rotatable bonds is 4. The summed E-state index contributed by atoms with van der Waals surface area (Å²) in [6.45, 7) is 6.47. The van der Waals surface area contributed by atoms with E-state index in [1.165, 1.54) is 7.11 Å². The summed E-state index contributed by atoms with van der Waals surface area (Å²) in [4.78, 5) is 14.1. The molecule has 0 aromatic carbocycles. The van der Waals surface area contributed by atoms with Crippen molar-refractivity contribution in [1.29, 1.82) is 0 Å². The number of esters is 1. The Morgan fingerprint density at radius 1 is 1.45 bits per heavy atom. The molecule has 20 heavy (non-hydrogen) atoms. The van der Waals surface area contributed by atoms with E-state index in [0.29, 0.717) is 24.1 Å². The average Bonchev–Trinajstić information content (AvgIpc) is 3.03. The predicted octanol–water partition coefficient (Wildman–Crippen LogP) is 2.09. The molecule has 0 aliphatic carbocycles. The van der Waals surface area contributed by atoms with Crippen LogP contribution in [-0.2, 0) is 16.7 Å². The number of H-pyrrole nitrogens is 1. The van der Waals surface area contributed by atoms with Gasteiger partial charge in [-0.05, 0) is 11.6 Å². The number of methoxy groups -OCH3 is 1. The number of carbonyl (C=O) groups excluding carboxylic acids is 1. The van der Waals surface area contributed by atoms with Gasteiger partial charge in [0.15, 0.2) is 0 Å². The minimum atomic E-state index is -0.399. The van der Waals surface area contributed by atoms with Gasteiger partial charge in [0.1, 0.15) is 5.69 Å². The van der Waals surface area contributed by atoms with Gasteiger partial charge in [0.25, 0.3) is 0 Å². The number of hydrogen-bond acceptors (Lipinski definition) is 6. The maximum absolute atomic E-state index is 11.3. The second kappa shape index (κ2) is 5.36. The van der Waals surface area contributed by atoms with Crippen LogP contribution in [0.2, 0.25) is 0 Å². The molecule has 0 saturated heterocycles. The van der Waals surface area contributed by atoms with Crippen molar-refractivity contribution in [3.8, 4) is 0 Å². The van der Waals surface area contributed by atoms with Gasteiger partial charge in [-0.25, -0.2) is 4.79 Å². The summed E-state index contributed by atoms with van der Waals surface area (Å²) < 4.78 is 10.1. The third-order valence-electron chi connectivity index (χ3n) is 2.66. The molecule has 0 amide bonds. The minimum Gasteiger partial charge on any atom is -0.464 e. The van der Waals surface area contributed by atoms with Crippen LogP contribution in [0.3, 0.4) is 0 Å². The lowest BCUT2D eigenvalue weighted by atomic mass is 9.97. The van der Waals surface area contributed by atoms with E-state index in [1.807, 2.05) is 20.8 Å². The summed E-state index contributed by atoms with van der Waals surface area (Å²) in [5, 5.41) is 10.9. The summed E-state index contributed by atoms with van der Waals surface area (Å²) >= 11 is 0. The fourth-order valence-corrected chi connectivity index (χ4v) is 1.54. The molecule has 7 heteroatoms. The Morgan fingerprint density at radius 2 is 2.20 bits per heavy atom. The first kappa shape index (κ1) is 14.1. The molecule has 2 aromatic heterocycles. The predicted molar refractivity (Wildman–Crippen MR) is 72.5 cm³/mol. The fraction of sp³-hybridized carbons (Fsp3) is 0.462. The summed E-state index contributed by atoms with van der Waals surface area (Å²) in [5.41, 5.74) is 1.12. The monoisotopic (exact) mass is 278 g/mol. The second-order valence-corrected chi connectivity index (χ2v) is 5.43. The van der Waals surface area contributed by atoms with Gasteiger partial charge in [0.2, 0.25) is 5.89 Å². The van der Waals surface area contributed by atoms with E-state index >= 15 is 0 Å². The maximum Gasteiger partial charge on any atom is 0.354 e. The molecule has 0 bridgehead atoms. The number of anilines is 1. The van der Waals surface area contributed by atoms with Crippen molar-refractivity contribution < 1.29 is 13.9 Å². The van der Waals surface area contributed by atoms with Crippen LogP contribution in [0.4, 0.5) is 6.01 Å². The standard InChI is InChI=1S/C13H18N4O3/c1-13(2,3)11-16-17-12(20-11)15-7-8-5-9(14-6-8)10(18)19-4/h5-6,14H,7H2,1-4H3,(H,15,17). The zero-order chi connectivity index (χ0) is 14.8. The SMILES string of the molecule is COC(=O)c1cc(CNc2nnc(C(C)(C)C)o2)c[nH]1. The van der Waals surface area contributed by atoms with Gasteiger partial charge >= 0.3 is 12.0 Å². The molecule has 2 heterocycles. The molecule has 0 saturated carbocycles. The topological polar surface area (TPSA) is 93.0 Å². The van der Waals surface area contributed by atoms with Crippen LogP contribution in [-0.4, -0.2) is 28.3 Å². The second-order valence-electron chi connectivity index (χ2n) is 5.43. The van der Waals surface area contributed by atoms with Crippen LogP contribution < -0.4 is 5.32 Å². The molecule has 0 unspecified atom stereocenters. The Labute approximate surface area is 116 Å². The molecule has 0 aliphatic rings. The van der Waals surface area contributed by atoms with Crippen molar-refractivity contribution in [2.24, 2.45) is 0 Å². The fourth-order valence-electron chi connectivity index (χ4n) is 1.54. The Bertz CT molecular complexity index is 595. The van der Waals surface area contributed by atoms with E-state index in [0.717, 1.165) is 5.56 Å². The lowest BCUT2D eigenvalue weighted by Gasteiger charge is -2.10. The van der Waals surface area contributed by atoms with Gasteiger partial charge in [-0.1, -0.05) is 25.9 Å². The van der Waals surface area contributed by atoms with Gasteiger partial charge in [0, 0.05) is 18.2 Å². The van der Waals surface area contributed by atoms with E-state index in [1.54, 1.807) is 12.3 Å². The van der Waals surface area contributed by atoms with Gasteiger partial charge in [0.05, 0.1) is 7.11 Å². The largest absolute Gasteiger partial charge is 0.464 e. The highest BCUT2D eigenvalue weighted by molar-refractivity contribution is 5.87. The molecule has 2 aromatic rings. The molecule has 2 rings (SSSR count). The zero-order valence-electron chi connectivity index (χ0n) is 12.0. The highest BCUT2D eigenvalue weighted by Crippen LogP contribution is 2.22. The first-order chi connectivity index (χ1) is 9.40. The van der Waals surface area contributed by atoms with E-state index in [9.17, 15) is 4.79 Å². The maximum atomic E-state index is 11.3. The Kier molecular flexibility index (Phi) is 3.78. The minimum absolute atomic E-state index is 0.181. The van der Waals surface area contributed by atoms with Gasteiger partial charge in [-0.15, -0.1) is 5.10 Å². The molecule has 0 spiro atoms. The van der Waals surface area contributed by atoms with Gasteiger partial charge < -0.3 is 19.5 Å². The van der Waals surface area contributed by atoms with Crippen molar-refractivity contribution in [3.63, 3.8) is 0 Å². The molecule has 108 valence electrons. The third kappa shape index (κ3) is 3.17. The molecule has 2 N–H and O–H groups in total. The number of aromatic amines is 1. The lowest BCUT2D eigenvalue weighted by Crippen LogP contribution is -2.11. The van der Waals surface area contributed by atoms with Gasteiger partial charge in [-0.2, -0.15) is 0 Å². The van der Waals surface area contributed by atoms with E-state index in [2.05, 4.69) is 25.2 Å². The number of carbonyl (C=O) groups is 1. The third-order valence-corrected chi connectivity index (χ3v) is 2.66. The van der Waals surface area contributed by atoms with Crippen molar-refractivity contribution in [2.45, 2.75) is 32.7 Å². The quantitative estimate of drug-likeness (QED) is 0.832. The summed E-state index contributed by atoms with van der Waals surface area (Å²) in [6.07, 6.45) is 1.72. The van der Waals surface area contributed by atoms with Crippen LogP contribution >= 0.6 is 0 Å². The van der Waals surface area contributed by atoms with Crippen LogP contribution in [0.5, 0.6) is 0 Å². The molecule has 7 nitrogen and oxygen atoms in total. The van der Waals surface area contributed by atoms with Crippen molar-refractivity contribution in [2.75, 3.05) is 12.4 Å². The summed E-state index contributed by atoms with van der Waals surface area (Å²) in [5.74, 6) is 0.174. The van der Waals surface area contributed by atoms with Gasteiger partial charge in [-0.3, -0.25) is 0 Å². The zero-order valence-corrected chi connectivity index (χ0v) is 12.0. The molecule has 0 fully saturated rings. The number of hydrogen-bond donors (Lipinski definition) is 2. The van der Waals surface area contributed by atoms with Crippen LogP contribution in [0.1, 0.15) is 42.7 Å². The molecular formula is C13H18N4O3. The smallest absolute Gasteiger partial charge is 0.354 e. The number of nitrogens with one attached hydrogen (secondary N) is 2. The molecular weight excluding hydrogens is 260 g/mol. The highest BCUT2D eigenvalue weighted by atomic mass is 16.5. The van der Waals surface area contributed by atoms with Crippen molar-refractivity contribution >= 4 is 12.0 Å². The molecule has 0 aliphatic heterocycles. The molecule has 0 radical (unpaired) electrons. The molecule has 0 atom stereocenters. The van der Waals surface area contributed by atoms with E-state index < -0.39 is 5.97 Å². The van der Waals surface area contributed by atoms with Crippen LogP contribution in [0.15, 0.2) is 16.7 Å². The van der Waals surface area contributed by atoms with Crippen molar-refractivity contribution in [1.82, 2.24) is 15.2 Å². The van der Waals surface area contributed by atoms with Crippen molar-refractivity contribution in [3.05, 3.63) is 29.4 Å². The van der Waals surface area contributed by atoms with Crippen LogP contribution in [0, 0.1) is 0 Å². The summed E-state index contributed by atoms with van der Waals surface area (Å²) in [6, 6.07) is 2.07. The Morgan fingerprint density at radius 3 is 2.80 bits per heavy atom. The van der Waals surface area contributed by atoms with E-state index in [-0.39, 0.29) is 5.41 Å².